The predicted molar refractivity (Wildman–Crippen MR) is 71.2 cm³/mol. The van der Waals surface area contributed by atoms with Crippen LogP contribution in [0.4, 0.5) is 24.8 Å². The summed E-state index contributed by atoms with van der Waals surface area (Å²) in [5.41, 5.74) is 0.814. The van der Waals surface area contributed by atoms with Gasteiger partial charge in [-0.3, -0.25) is 9.69 Å². The fourth-order valence-electron chi connectivity index (χ4n) is 1.85. The molecule has 0 aliphatic rings. The van der Waals surface area contributed by atoms with Crippen molar-refractivity contribution >= 4 is 18.0 Å². The first kappa shape index (κ1) is 15.0. The SMILES string of the molecule is Cc1cc(C)nc(N(C=O)c2ccc(C(F)(F)F)cc2)n1. The molecule has 0 N–H and O–H groups in total. The Morgan fingerprint density at radius 2 is 1.57 bits per heavy atom. The van der Waals surface area contributed by atoms with Crippen LogP contribution in [0.2, 0.25) is 0 Å². The average Bonchev–Trinajstić information content (AvgIpc) is 2.38. The minimum atomic E-state index is -4.42. The third-order valence-electron chi connectivity index (χ3n) is 2.76. The molecule has 1 aromatic carbocycles. The molecule has 0 fully saturated rings. The van der Waals surface area contributed by atoms with Crippen LogP contribution in [0.15, 0.2) is 30.3 Å². The molecule has 0 unspecified atom stereocenters. The lowest BCUT2D eigenvalue weighted by atomic mass is 10.2. The summed E-state index contributed by atoms with van der Waals surface area (Å²) < 4.78 is 37.6. The molecule has 110 valence electrons. The summed E-state index contributed by atoms with van der Waals surface area (Å²) in [6, 6.07) is 5.97. The Morgan fingerprint density at radius 3 is 2.00 bits per heavy atom. The van der Waals surface area contributed by atoms with E-state index in [9.17, 15) is 18.0 Å². The minimum absolute atomic E-state index is 0.127. The van der Waals surface area contributed by atoms with Crippen molar-refractivity contribution in [3.05, 3.63) is 47.3 Å². The van der Waals surface area contributed by atoms with Gasteiger partial charge in [-0.15, -0.1) is 0 Å². The molecule has 1 aromatic heterocycles. The third-order valence-corrected chi connectivity index (χ3v) is 2.76. The zero-order chi connectivity index (χ0) is 15.6. The van der Waals surface area contributed by atoms with Crippen molar-refractivity contribution < 1.29 is 18.0 Å². The summed E-state index contributed by atoms with van der Waals surface area (Å²) >= 11 is 0. The minimum Gasteiger partial charge on any atom is -0.278 e. The van der Waals surface area contributed by atoms with E-state index >= 15 is 0 Å². The molecule has 0 atom stereocenters. The zero-order valence-electron chi connectivity index (χ0n) is 11.3. The molecule has 2 aromatic rings. The Kier molecular flexibility index (Phi) is 3.93. The van der Waals surface area contributed by atoms with Crippen molar-refractivity contribution in [1.82, 2.24) is 9.97 Å². The van der Waals surface area contributed by atoms with E-state index in [1.807, 2.05) is 0 Å². The van der Waals surface area contributed by atoms with Crippen LogP contribution in [0.3, 0.4) is 0 Å². The van der Waals surface area contributed by atoms with Crippen molar-refractivity contribution in [3.63, 3.8) is 0 Å². The first-order valence-corrected chi connectivity index (χ1v) is 6.05. The van der Waals surface area contributed by atoms with Gasteiger partial charge in [0.2, 0.25) is 12.4 Å². The Balaban J connectivity index is 2.40. The third kappa shape index (κ3) is 3.36. The Bertz CT molecular complexity index is 633. The second kappa shape index (κ2) is 5.51. The van der Waals surface area contributed by atoms with Gasteiger partial charge in [0, 0.05) is 11.4 Å². The maximum Gasteiger partial charge on any atom is 0.416 e. The Labute approximate surface area is 119 Å². The van der Waals surface area contributed by atoms with Gasteiger partial charge in [0.05, 0.1) is 11.3 Å². The number of carbonyl (C=O) groups is 1. The van der Waals surface area contributed by atoms with E-state index in [-0.39, 0.29) is 11.6 Å². The van der Waals surface area contributed by atoms with Crippen LogP contribution in [0.1, 0.15) is 17.0 Å². The highest BCUT2D eigenvalue weighted by molar-refractivity contribution is 5.83. The van der Waals surface area contributed by atoms with E-state index in [4.69, 9.17) is 0 Å². The molecule has 21 heavy (non-hydrogen) atoms. The second-order valence-electron chi connectivity index (χ2n) is 4.47. The zero-order valence-corrected chi connectivity index (χ0v) is 11.3. The maximum absolute atomic E-state index is 12.5. The number of aryl methyl sites for hydroxylation is 2. The monoisotopic (exact) mass is 295 g/mol. The van der Waals surface area contributed by atoms with Crippen LogP contribution >= 0.6 is 0 Å². The number of halogens is 3. The number of aromatic nitrogens is 2. The highest BCUT2D eigenvalue weighted by Crippen LogP contribution is 2.31. The average molecular weight is 295 g/mol. The molecule has 0 bridgehead atoms. The van der Waals surface area contributed by atoms with Crippen LogP contribution in [-0.4, -0.2) is 16.4 Å². The number of rotatable bonds is 3. The lowest BCUT2D eigenvalue weighted by molar-refractivity contribution is -0.137. The van der Waals surface area contributed by atoms with Crippen LogP contribution < -0.4 is 4.90 Å². The van der Waals surface area contributed by atoms with Gasteiger partial charge in [-0.1, -0.05) is 0 Å². The molecule has 0 aliphatic heterocycles. The molecule has 7 heteroatoms. The molecule has 0 saturated heterocycles. The molecular weight excluding hydrogens is 283 g/mol. The van der Waals surface area contributed by atoms with E-state index in [1.54, 1.807) is 19.9 Å². The van der Waals surface area contributed by atoms with Crippen molar-refractivity contribution in [2.45, 2.75) is 20.0 Å². The van der Waals surface area contributed by atoms with Gasteiger partial charge in [-0.2, -0.15) is 13.2 Å². The second-order valence-corrected chi connectivity index (χ2v) is 4.47. The fraction of sp³-hybridized carbons (Fsp3) is 0.214. The molecule has 0 saturated carbocycles. The van der Waals surface area contributed by atoms with Gasteiger partial charge < -0.3 is 0 Å². The molecule has 0 spiro atoms. The van der Waals surface area contributed by atoms with Crippen molar-refractivity contribution in [2.24, 2.45) is 0 Å². The largest absolute Gasteiger partial charge is 0.416 e. The fourth-order valence-corrected chi connectivity index (χ4v) is 1.85. The van der Waals surface area contributed by atoms with Crippen LogP contribution in [-0.2, 0) is 11.0 Å². The summed E-state index contributed by atoms with van der Waals surface area (Å²) in [5, 5.41) is 0. The van der Waals surface area contributed by atoms with E-state index in [1.165, 1.54) is 12.1 Å². The lowest BCUT2D eigenvalue weighted by Crippen LogP contribution is -2.18. The van der Waals surface area contributed by atoms with Crippen LogP contribution in [0.25, 0.3) is 0 Å². The normalized spacial score (nSPS) is 11.3. The molecule has 1 heterocycles. The van der Waals surface area contributed by atoms with Crippen molar-refractivity contribution in [3.8, 4) is 0 Å². The maximum atomic E-state index is 12.5. The molecular formula is C14H12F3N3O. The predicted octanol–water partition coefficient (Wildman–Crippen LogP) is 3.41. The molecule has 0 radical (unpaired) electrons. The quantitative estimate of drug-likeness (QED) is 0.815. The number of benzene rings is 1. The van der Waals surface area contributed by atoms with E-state index in [0.717, 1.165) is 17.0 Å². The standard InChI is InChI=1S/C14H12F3N3O/c1-9-7-10(2)19-13(18-9)20(8-21)12-5-3-11(4-6-12)14(15,16)17/h3-8H,1-2H3. The first-order chi connectivity index (χ1) is 9.81. The number of anilines is 2. The summed E-state index contributed by atoms with van der Waals surface area (Å²) in [4.78, 5) is 20.6. The van der Waals surface area contributed by atoms with Gasteiger partial charge in [0.25, 0.3) is 0 Å². The van der Waals surface area contributed by atoms with Crippen molar-refractivity contribution in [1.29, 1.82) is 0 Å². The number of amides is 1. The summed E-state index contributed by atoms with van der Waals surface area (Å²) in [6.45, 7) is 3.49. The number of hydrogen-bond donors (Lipinski definition) is 0. The van der Waals surface area contributed by atoms with Gasteiger partial charge in [-0.25, -0.2) is 9.97 Å². The van der Waals surface area contributed by atoms with Gasteiger partial charge >= 0.3 is 6.18 Å². The molecule has 0 aliphatic carbocycles. The molecule has 1 amide bonds. The van der Waals surface area contributed by atoms with Gasteiger partial charge in [0.1, 0.15) is 0 Å². The van der Waals surface area contributed by atoms with Crippen LogP contribution in [0, 0.1) is 13.8 Å². The highest BCUT2D eigenvalue weighted by Gasteiger charge is 2.30. The Hall–Kier alpha value is -2.44. The van der Waals surface area contributed by atoms with Gasteiger partial charge in [0.15, 0.2) is 0 Å². The summed E-state index contributed by atoms with van der Waals surface area (Å²) in [7, 11) is 0. The van der Waals surface area contributed by atoms with E-state index in [0.29, 0.717) is 17.8 Å². The van der Waals surface area contributed by atoms with Gasteiger partial charge in [-0.05, 0) is 44.2 Å². The number of alkyl halides is 3. The first-order valence-electron chi connectivity index (χ1n) is 6.05. The summed E-state index contributed by atoms with van der Waals surface area (Å²) in [5.74, 6) is 0.127. The van der Waals surface area contributed by atoms with Crippen LogP contribution in [0.5, 0.6) is 0 Å². The molecule has 2 rings (SSSR count). The number of nitrogens with zero attached hydrogens (tertiary/aromatic N) is 3. The van der Waals surface area contributed by atoms with E-state index in [2.05, 4.69) is 9.97 Å². The number of hydrogen-bond acceptors (Lipinski definition) is 3. The van der Waals surface area contributed by atoms with Crippen molar-refractivity contribution in [2.75, 3.05) is 4.90 Å². The summed E-state index contributed by atoms with van der Waals surface area (Å²) in [6.07, 6.45) is -3.95. The topological polar surface area (TPSA) is 46.1 Å². The smallest absolute Gasteiger partial charge is 0.278 e. The highest BCUT2D eigenvalue weighted by atomic mass is 19.4. The van der Waals surface area contributed by atoms with E-state index < -0.39 is 11.7 Å². The Morgan fingerprint density at radius 1 is 1.05 bits per heavy atom. The lowest BCUT2D eigenvalue weighted by Gasteiger charge is -2.17. The number of carbonyl (C=O) groups excluding carboxylic acids is 1. The molecule has 4 nitrogen and oxygen atoms in total.